The molecule has 30 heavy (non-hydrogen) atoms. The van der Waals surface area contributed by atoms with E-state index >= 15 is 0 Å². The molecule has 0 aliphatic carbocycles. The predicted molar refractivity (Wildman–Crippen MR) is 119 cm³/mol. The monoisotopic (exact) mass is 452 g/mol. The number of halogens is 3. The minimum atomic E-state index is -0.623. The Bertz CT molecular complexity index is 859. The van der Waals surface area contributed by atoms with Gasteiger partial charge in [0.1, 0.15) is 11.9 Å². The maximum atomic E-state index is 13.3. The van der Waals surface area contributed by atoms with Crippen molar-refractivity contribution in [2.24, 2.45) is 0 Å². The number of rotatable bonds is 10. The number of nitrogens with one attached hydrogen (secondary N) is 1. The maximum absolute atomic E-state index is 13.3. The number of carbonyl (C=O) groups excluding carboxylic acids is 2. The van der Waals surface area contributed by atoms with Gasteiger partial charge in [0, 0.05) is 13.1 Å². The summed E-state index contributed by atoms with van der Waals surface area (Å²) >= 11 is 12.0. The molecular weight excluding hydrogens is 426 g/mol. The molecule has 0 aliphatic heterocycles. The molecule has 7 heteroatoms. The number of unbranched alkanes of at least 4 members (excludes halogenated alkanes) is 1. The standard InChI is InChI=1S/C23H27Cl2FN2O2/c1-3-5-12-27-23(30)21(4-2)28(15-16-6-9-18(26)10-7-16)22(29)14-17-8-11-19(24)20(25)13-17/h6-11,13,21H,3-5,12,14-15H2,1-2H3,(H,27,30)/t21-/m1/s1. The zero-order chi connectivity index (χ0) is 22.1. The minimum absolute atomic E-state index is 0.0802. The first-order valence-corrected chi connectivity index (χ1v) is 10.9. The van der Waals surface area contributed by atoms with Crippen molar-refractivity contribution >= 4 is 35.0 Å². The quantitative estimate of drug-likeness (QED) is 0.490. The lowest BCUT2D eigenvalue weighted by Gasteiger charge is -2.31. The van der Waals surface area contributed by atoms with E-state index in [-0.39, 0.29) is 30.6 Å². The SMILES string of the molecule is CCCCNC(=O)[C@@H](CC)N(Cc1ccc(F)cc1)C(=O)Cc1ccc(Cl)c(Cl)c1. The van der Waals surface area contributed by atoms with Gasteiger partial charge in [-0.25, -0.2) is 4.39 Å². The van der Waals surface area contributed by atoms with Crippen molar-refractivity contribution in [3.05, 3.63) is 69.5 Å². The summed E-state index contributed by atoms with van der Waals surface area (Å²) in [5, 5.41) is 3.70. The molecule has 2 rings (SSSR count). The molecule has 2 amide bonds. The van der Waals surface area contributed by atoms with E-state index in [9.17, 15) is 14.0 Å². The van der Waals surface area contributed by atoms with Crippen molar-refractivity contribution in [3.63, 3.8) is 0 Å². The van der Waals surface area contributed by atoms with Crippen LogP contribution in [-0.4, -0.2) is 29.3 Å². The third-order valence-corrected chi connectivity index (χ3v) is 5.56. The van der Waals surface area contributed by atoms with E-state index in [0.717, 1.165) is 18.4 Å². The van der Waals surface area contributed by atoms with E-state index in [0.29, 0.717) is 28.6 Å². The fourth-order valence-corrected chi connectivity index (χ4v) is 3.46. The van der Waals surface area contributed by atoms with E-state index in [1.165, 1.54) is 12.1 Å². The molecule has 0 saturated heterocycles. The van der Waals surface area contributed by atoms with Gasteiger partial charge in [0.2, 0.25) is 11.8 Å². The Morgan fingerprint density at radius 3 is 2.30 bits per heavy atom. The van der Waals surface area contributed by atoms with Crippen molar-refractivity contribution in [2.45, 2.75) is 52.1 Å². The van der Waals surface area contributed by atoms with E-state index in [4.69, 9.17) is 23.2 Å². The van der Waals surface area contributed by atoms with Gasteiger partial charge in [0.25, 0.3) is 0 Å². The van der Waals surface area contributed by atoms with Crippen LogP contribution in [0.5, 0.6) is 0 Å². The Kier molecular flexibility index (Phi) is 9.60. The van der Waals surface area contributed by atoms with Gasteiger partial charge in [-0.2, -0.15) is 0 Å². The second-order valence-corrected chi connectivity index (χ2v) is 7.96. The normalized spacial score (nSPS) is 11.8. The van der Waals surface area contributed by atoms with Crippen LogP contribution in [0.4, 0.5) is 4.39 Å². The first-order chi connectivity index (χ1) is 14.3. The highest BCUT2D eigenvalue weighted by molar-refractivity contribution is 6.42. The number of hydrogen-bond donors (Lipinski definition) is 1. The summed E-state index contributed by atoms with van der Waals surface area (Å²) in [7, 11) is 0. The summed E-state index contributed by atoms with van der Waals surface area (Å²) < 4.78 is 13.3. The Balaban J connectivity index is 2.25. The molecule has 4 nitrogen and oxygen atoms in total. The molecular formula is C23H27Cl2FN2O2. The second-order valence-electron chi connectivity index (χ2n) is 7.14. The number of nitrogens with zero attached hydrogens (tertiary/aromatic N) is 1. The highest BCUT2D eigenvalue weighted by atomic mass is 35.5. The van der Waals surface area contributed by atoms with Crippen molar-refractivity contribution < 1.29 is 14.0 Å². The predicted octanol–water partition coefficient (Wildman–Crippen LogP) is 5.40. The van der Waals surface area contributed by atoms with Crippen LogP contribution in [0.1, 0.15) is 44.2 Å². The van der Waals surface area contributed by atoms with Gasteiger partial charge in [-0.1, -0.05) is 61.7 Å². The second kappa shape index (κ2) is 11.9. The van der Waals surface area contributed by atoms with E-state index in [1.807, 2.05) is 13.8 Å². The number of amides is 2. The van der Waals surface area contributed by atoms with E-state index < -0.39 is 6.04 Å². The average Bonchev–Trinajstić information content (AvgIpc) is 2.72. The lowest BCUT2D eigenvalue weighted by Crippen LogP contribution is -2.49. The van der Waals surface area contributed by atoms with Crippen molar-refractivity contribution in [1.29, 1.82) is 0 Å². The average molecular weight is 453 g/mol. The Morgan fingerprint density at radius 1 is 1.03 bits per heavy atom. The van der Waals surface area contributed by atoms with Gasteiger partial charge >= 0.3 is 0 Å². The van der Waals surface area contributed by atoms with Crippen LogP contribution in [0.2, 0.25) is 10.0 Å². The van der Waals surface area contributed by atoms with Gasteiger partial charge in [-0.3, -0.25) is 9.59 Å². The summed E-state index contributed by atoms with van der Waals surface area (Å²) in [5.74, 6) is -0.748. The molecule has 0 unspecified atom stereocenters. The van der Waals surface area contributed by atoms with Crippen LogP contribution in [0.15, 0.2) is 42.5 Å². The van der Waals surface area contributed by atoms with Crippen molar-refractivity contribution in [2.75, 3.05) is 6.54 Å². The fourth-order valence-electron chi connectivity index (χ4n) is 3.14. The van der Waals surface area contributed by atoms with Crippen LogP contribution in [-0.2, 0) is 22.6 Å². The van der Waals surface area contributed by atoms with Gasteiger partial charge in [0.15, 0.2) is 0 Å². The summed E-state index contributed by atoms with van der Waals surface area (Å²) in [4.78, 5) is 27.6. The van der Waals surface area contributed by atoms with Gasteiger partial charge < -0.3 is 10.2 Å². The molecule has 2 aromatic carbocycles. The number of benzene rings is 2. The number of hydrogen-bond acceptors (Lipinski definition) is 2. The summed E-state index contributed by atoms with van der Waals surface area (Å²) in [6.07, 6.45) is 2.38. The molecule has 1 N–H and O–H groups in total. The molecule has 0 aliphatic rings. The first-order valence-electron chi connectivity index (χ1n) is 10.1. The Labute approximate surface area is 187 Å². The summed E-state index contributed by atoms with van der Waals surface area (Å²) in [6.45, 7) is 4.69. The highest BCUT2D eigenvalue weighted by Gasteiger charge is 2.28. The van der Waals surface area contributed by atoms with Gasteiger partial charge in [0.05, 0.1) is 16.5 Å². The molecule has 1 atom stereocenters. The van der Waals surface area contributed by atoms with Crippen molar-refractivity contribution in [3.8, 4) is 0 Å². The number of carbonyl (C=O) groups is 2. The third kappa shape index (κ3) is 6.99. The van der Waals surface area contributed by atoms with Gasteiger partial charge in [-0.15, -0.1) is 0 Å². The smallest absolute Gasteiger partial charge is 0.242 e. The Hall–Kier alpha value is -2.11. The minimum Gasteiger partial charge on any atom is -0.354 e. The fraction of sp³-hybridized carbons (Fsp3) is 0.391. The Morgan fingerprint density at radius 2 is 1.70 bits per heavy atom. The molecule has 0 bridgehead atoms. The van der Waals surface area contributed by atoms with Crippen LogP contribution >= 0.6 is 23.2 Å². The van der Waals surface area contributed by atoms with E-state index in [2.05, 4.69) is 5.32 Å². The molecule has 162 valence electrons. The molecule has 0 saturated carbocycles. The highest BCUT2D eigenvalue weighted by Crippen LogP contribution is 2.23. The zero-order valence-corrected chi connectivity index (χ0v) is 18.8. The third-order valence-electron chi connectivity index (χ3n) is 4.82. The van der Waals surface area contributed by atoms with Crippen molar-refractivity contribution in [1.82, 2.24) is 10.2 Å². The lowest BCUT2D eigenvalue weighted by molar-refractivity contribution is -0.140. The molecule has 0 aromatic heterocycles. The molecule has 0 spiro atoms. The summed E-state index contributed by atoms with van der Waals surface area (Å²) in [5.41, 5.74) is 1.46. The van der Waals surface area contributed by atoms with Gasteiger partial charge in [-0.05, 0) is 48.2 Å². The lowest BCUT2D eigenvalue weighted by atomic mass is 10.1. The van der Waals surface area contributed by atoms with Crippen LogP contribution in [0.25, 0.3) is 0 Å². The van der Waals surface area contributed by atoms with Crippen LogP contribution < -0.4 is 5.32 Å². The molecule has 0 fully saturated rings. The first kappa shape index (κ1) is 24.2. The molecule has 2 aromatic rings. The van der Waals surface area contributed by atoms with Crippen LogP contribution in [0, 0.1) is 5.82 Å². The van der Waals surface area contributed by atoms with Crippen LogP contribution in [0.3, 0.4) is 0 Å². The zero-order valence-electron chi connectivity index (χ0n) is 17.3. The summed E-state index contributed by atoms with van der Waals surface area (Å²) in [6, 6.07) is 10.4. The topological polar surface area (TPSA) is 49.4 Å². The van der Waals surface area contributed by atoms with E-state index in [1.54, 1.807) is 35.2 Å². The molecule has 0 heterocycles. The molecule has 0 radical (unpaired) electrons. The maximum Gasteiger partial charge on any atom is 0.242 e. The largest absolute Gasteiger partial charge is 0.354 e.